The van der Waals surface area contributed by atoms with Gasteiger partial charge in [-0.3, -0.25) is 0 Å². The first-order valence-corrected chi connectivity index (χ1v) is 9.76. The maximum atomic E-state index is 13.5. The fourth-order valence-electron chi connectivity index (χ4n) is 2.60. The molecule has 30 heavy (non-hydrogen) atoms. The Bertz CT molecular complexity index is 1130. The Morgan fingerprint density at radius 3 is 2.17 bits per heavy atom. The van der Waals surface area contributed by atoms with E-state index in [0.29, 0.717) is 16.8 Å². The van der Waals surface area contributed by atoms with Crippen molar-refractivity contribution in [2.75, 3.05) is 0 Å². The van der Waals surface area contributed by atoms with E-state index >= 15 is 0 Å². The van der Waals surface area contributed by atoms with Crippen LogP contribution in [-0.2, 0) is 10.0 Å². The zero-order valence-corrected chi connectivity index (χ0v) is 17.1. The average Bonchev–Trinajstić information content (AvgIpc) is 2.98. The molecule has 0 amide bonds. The van der Waals surface area contributed by atoms with Gasteiger partial charge in [0.15, 0.2) is 0 Å². The average molecular weight is 434 g/mol. The quantitative estimate of drug-likeness (QED) is 0.457. The number of nitrogens with zero attached hydrogens (tertiary/aromatic N) is 2. The number of hydrogen-bond acceptors (Lipinski definition) is 4. The number of aryl methyl sites for hydroxylation is 1. The van der Waals surface area contributed by atoms with Crippen LogP contribution in [0.5, 0.6) is 0 Å². The first kappa shape index (κ1) is 24.0. The summed E-state index contributed by atoms with van der Waals surface area (Å²) in [7, 11) is -4.21. The van der Waals surface area contributed by atoms with Gasteiger partial charge in [0.1, 0.15) is 10.0 Å². The van der Waals surface area contributed by atoms with Crippen LogP contribution in [0.25, 0.3) is 15.8 Å². The molecule has 11 heteroatoms. The van der Waals surface area contributed by atoms with Crippen molar-refractivity contribution < 1.29 is 49.4 Å². The van der Waals surface area contributed by atoms with E-state index in [4.69, 9.17) is 4.52 Å². The van der Waals surface area contributed by atoms with E-state index in [1.165, 1.54) is 30.3 Å². The van der Waals surface area contributed by atoms with Crippen LogP contribution in [0.15, 0.2) is 57.9 Å². The Labute approximate surface area is 182 Å². The molecule has 0 aliphatic heterocycles. The van der Waals surface area contributed by atoms with E-state index in [0.717, 1.165) is 12.1 Å². The third-order valence-corrected chi connectivity index (χ3v) is 5.62. The van der Waals surface area contributed by atoms with Gasteiger partial charge in [0.25, 0.3) is 0 Å². The first-order valence-electron chi connectivity index (χ1n) is 8.32. The SMILES string of the molecule is Cc1noc([N-]S(=O)(=O)c2ccccc2-c2ccc(C(F)C(F)(F)F)cc2)c1C.[Li+]. The number of sulfonamides is 1. The number of halogens is 4. The normalized spacial score (nSPS) is 12.9. The van der Waals surface area contributed by atoms with E-state index in [1.54, 1.807) is 19.9 Å². The molecule has 1 unspecified atom stereocenters. The van der Waals surface area contributed by atoms with Gasteiger partial charge in [-0.2, -0.15) is 13.2 Å². The number of hydrogen-bond donors (Lipinski definition) is 0. The number of alkyl halides is 4. The molecule has 0 aliphatic carbocycles. The minimum atomic E-state index is -5.02. The Balaban J connectivity index is 0.00000320. The molecule has 0 saturated heterocycles. The molecule has 0 N–H and O–H groups in total. The summed E-state index contributed by atoms with van der Waals surface area (Å²) in [5.74, 6) is -0.155. The molecule has 0 fully saturated rings. The van der Waals surface area contributed by atoms with Gasteiger partial charge in [0.2, 0.25) is 6.17 Å². The van der Waals surface area contributed by atoms with Crippen molar-refractivity contribution in [3.8, 4) is 11.1 Å². The van der Waals surface area contributed by atoms with Crippen LogP contribution in [-0.4, -0.2) is 19.8 Å². The van der Waals surface area contributed by atoms with E-state index < -0.39 is 27.9 Å². The number of aromatic nitrogens is 1. The summed E-state index contributed by atoms with van der Waals surface area (Å²) >= 11 is 0. The fraction of sp³-hybridized carbons (Fsp3) is 0.211. The minimum Gasteiger partial charge on any atom is -0.539 e. The monoisotopic (exact) mass is 434 g/mol. The number of benzene rings is 2. The van der Waals surface area contributed by atoms with E-state index in [1.807, 2.05) is 0 Å². The van der Waals surface area contributed by atoms with Crippen LogP contribution < -0.4 is 18.9 Å². The largest absolute Gasteiger partial charge is 1.00 e. The van der Waals surface area contributed by atoms with Gasteiger partial charge in [0, 0.05) is 0 Å². The topological polar surface area (TPSA) is 74.3 Å². The Kier molecular flexibility index (Phi) is 7.07. The Hall–Kier alpha value is -2.28. The molecule has 1 aromatic heterocycles. The van der Waals surface area contributed by atoms with Gasteiger partial charge in [-0.1, -0.05) is 47.6 Å². The van der Waals surface area contributed by atoms with Crippen LogP contribution in [0, 0.1) is 13.8 Å². The zero-order chi connectivity index (χ0) is 21.4. The molecule has 2 aromatic carbocycles. The van der Waals surface area contributed by atoms with Gasteiger partial charge in [-0.05, 0) is 42.2 Å². The summed E-state index contributed by atoms with van der Waals surface area (Å²) in [4.78, 5) is -0.172. The molecule has 0 spiro atoms. The van der Waals surface area contributed by atoms with Crippen molar-refractivity contribution in [3.63, 3.8) is 0 Å². The first-order chi connectivity index (χ1) is 13.5. The summed E-state index contributed by atoms with van der Waals surface area (Å²) in [6.07, 6.45) is -8.14. The van der Waals surface area contributed by atoms with Gasteiger partial charge in [-0.15, -0.1) is 0 Å². The van der Waals surface area contributed by atoms with Crippen LogP contribution in [0.2, 0.25) is 0 Å². The van der Waals surface area contributed by atoms with Crippen molar-refractivity contribution in [1.29, 1.82) is 0 Å². The third-order valence-electron chi connectivity index (χ3n) is 4.30. The van der Waals surface area contributed by atoms with E-state index in [-0.39, 0.29) is 35.2 Å². The van der Waals surface area contributed by atoms with Crippen molar-refractivity contribution in [2.45, 2.75) is 31.1 Å². The Morgan fingerprint density at radius 1 is 1.03 bits per heavy atom. The van der Waals surface area contributed by atoms with Gasteiger partial charge in [-0.25, -0.2) is 12.8 Å². The summed E-state index contributed by atoms with van der Waals surface area (Å²) in [5.41, 5.74) is 0.894. The predicted octanol–water partition coefficient (Wildman–Crippen LogP) is 2.93. The maximum Gasteiger partial charge on any atom is 1.00 e. The zero-order valence-electron chi connectivity index (χ0n) is 16.2. The molecule has 3 aromatic rings. The van der Waals surface area contributed by atoms with E-state index in [9.17, 15) is 26.0 Å². The van der Waals surface area contributed by atoms with Crippen molar-refractivity contribution in [2.24, 2.45) is 0 Å². The molecule has 0 radical (unpaired) electrons. The van der Waals surface area contributed by atoms with Crippen molar-refractivity contribution in [3.05, 3.63) is 70.1 Å². The molecule has 0 aliphatic rings. The minimum absolute atomic E-state index is 0. The molecule has 3 rings (SSSR count). The fourth-order valence-corrected chi connectivity index (χ4v) is 3.80. The molecular weight excluding hydrogens is 419 g/mol. The molecule has 0 bridgehead atoms. The smallest absolute Gasteiger partial charge is 0.539 e. The van der Waals surface area contributed by atoms with Gasteiger partial charge < -0.3 is 9.25 Å². The molecule has 1 atom stereocenters. The molecule has 154 valence electrons. The summed E-state index contributed by atoms with van der Waals surface area (Å²) in [6, 6.07) is 10.2. The van der Waals surface area contributed by atoms with Crippen molar-refractivity contribution in [1.82, 2.24) is 5.16 Å². The molecular formula is C19H15F4LiN2O3S. The van der Waals surface area contributed by atoms with Crippen LogP contribution >= 0.6 is 0 Å². The van der Waals surface area contributed by atoms with Gasteiger partial charge in [0.05, 0.1) is 16.5 Å². The second-order valence-electron chi connectivity index (χ2n) is 6.29. The Morgan fingerprint density at radius 2 is 1.63 bits per heavy atom. The van der Waals surface area contributed by atoms with Crippen LogP contribution in [0.4, 0.5) is 23.4 Å². The standard InChI is InChI=1S/C19H15F4N2O3S.Li/c1-11-12(2)24-28-18(11)25-29(26,27)16-6-4-3-5-15(16)13-7-9-14(10-8-13)17(20)19(21,22)23;/h3-10,17H,1-2H3;/q-1;+1. The van der Waals surface area contributed by atoms with Gasteiger partial charge >= 0.3 is 25.0 Å². The summed E-state index contributed by atoms with van der Waals surface area (Å²) in [5, 5.41) is 3.66. The van der Waals surface area contributed by atoms with Crippen LogP contribution in [0.3, 0.4) is 0 Å². The second-order valence-corrected chi connectivity index (χ2v) is 7.86. The second kappa shape index (κ2) is 8.84. The maximum absolute atomic E-state index is 13.5. The van der Waals surface area contributed by atoms with E-state index in [2.05, 4.69) is 9.88 Å². The van der Waals surface area contributed by atoms with Crippen LogP contribution in [0.1, 0.15) is 23.0 Å². The third kappa shape index (κ3) is 4.88. The molecule has 5 nitrogen and oxygen atoms in total. The van der Waals surface area contributed by atoms with Crippen molar-refractivity contribution >= 4 is 15.9 Å². The summed E-state index contributed by atoms with van der Waals surface area (Å²) < 4.78 is 85.3. The predicted molar refractivity (Wildman–Crippen MR) is 98.0 cm³/mol. The summed E-state index contributed by atoms with van der Waals surface area (Å²) in [6.45, 7) is 3.25. The molecule has 1 heterocycles. The number of rotatable bonds is 5. The molecule has 0 saturated carbocycles.